The second-order valence-corrected chi connectivity index (χ2v) is 10.3. The zero-order chi connectivity index (χ0) is 25.8. The average molecular weight is 543 g/mol. The second-order valence-electron chi connectivity index (χ2n) is 7.81. The number of thiophene rings is 1. The standard InChI is InChI=1S/C25H23ClN4O4S2/c1-4-20(23(32)27-19-13-16(26)9-8-14(19)2)36-25-28-18-10-11-35-21(18)24(33)30(25)29-22(31)15-6-5-7-17(12-15)34-3/h5-13,20H,4H2,1-3H3,(H,27,32)(H,29,31)/t20-/m0/s1. The Morgan fingerprint density at radius 3 is 2.78 bits per heavy atom. The first-order valence-corrected chi connectivity index (χ1v) is 13.1. The molecule has 2 aromatic heterocycles. The number of thioether (sulfide) groups is 1. The van der Waals surface area contributed by atoms with Crippen molar-refractivity contribution in [1.29, 1.82) is 0 Å². The van der Waals surface area contributed by atoms with Gasteiger partial charge in [-0.05, 0) is 60.7 Å². The van der Waals surface area contributed by atoms with Crippen molar-refractivity contribution < 1.29 is 14.3 Å². The first-order chi connectivity index (χ1) is 17.3. The summed E-state index contributed by atoms with van der Waals surface area (Å²) < 4.78 is 6.70. The number of carbonyl (C=O) groups excluding carboxylic acids is 2. The van der Waals surface area contributed by atoms with Gasteiger partial charge in [0.15, 0.2) is 5.16 Å². The van der Waals surface area contributed by atoms with Crippen molar-refractivity contribution in [2.75, 3.05) is 17.9 Å². The van der Waals surface area contributed by atoms with E-state index in [4.69, 9.17) is 16.3 Å². The predicted molar refractivity (Wildman–Crippen MR) is 145 cm³/mol. The Morgan fingerprint density at radius 1 is 1.22 bits per heavy atom. The number of nitrogens with zero attached hydrogens (tertiary/aromatic N) is 2. The fourth-order valence-electron chi connectivity index (χ4n) is 3.39. The van der Waals surface area contributed by atoms with E-state index in [0.717, 1.165) is 22.0 Å². The summed E-state index contributed by atoms with van der Waals surface area (Å²) >= 11 is 8.43. The number of aromatic nitrogens is 2. The molecule has 0 unspecified atom stereocenters. The molecule has 2 amide bonds. The van der Waals surface area contributed by atoms with E-state index in [1.165, 1.54) is 18.4 Å². The van der Waals surface area contributed by atoms with Gasteiger partial charge in [0.05, 0.1) is 17.9 Å². The van der Waals surface area contributed by atoms with E-state index < -0.39 is 16.7 Å². The van der Waals surface area contributed by atoms with Crippen molar-refractivity contribution >= 4 is 62.4 Å². The number of methoxy groups -OCH3 is 1. The van der Waals surface area contributed by atoms with Crippen molar-refractivity contribution in [2.24, 2.45) is 0 Å². The normalized spacial score (nSPS) is 11.8. The van der Waals surface area contributed by atoms with Gasteiger partial charge in [0, 0.05) is 16.3 Å². The van der Waals surface area contributed by atoms with E-state index >= 15 is 0 Å². The third-order valence-electron chi connectivity index (χ3n) is 5.36. The van der Waals surface area contributed by atoms with Crippen LogP contribution >= 0.6 is 34.7 Å². The summed E-state index contributed by atoms with van der Waals surface area (Å²) in [7, 11) is 1.51. The predicted octanol–water partition coefficient (Wildman–Crippen LogP) is 5.32. The smallest absolute Gasteiger partial charge is 0.291 e. The highest BCUT2D eigenvalue weighted by Gasteiger charge is 2.24. The third-order valence-corrected chi connectivity index (χ3v) is 7.81. The van der Waals surface area contributed by atoms with Gasteiger partial charge in [-0.25, -0.2) is 4.98 Å². The number of halogens is 1. The number of ether oxygens (including phenoxy) is 1. The quantitative estimate of drug-likeness (QED) is 0.231. The number of fused-ring (bicyclic) bond motifs is 1. The summed E-state index contributed by atoms with van der Waals surface area (Å²) in [5.41, 5.74) is 4.51. The molecule has 2 heterocycles. The monoisotopic (exact) mass is 542 g/mol. The molecule has 11 heteroatoms. The molecule has 1 atom stereocenters. The molecule has 0 saturated heterocycles. The molecule has 0 aliphatic rings. The van der Waals surface area contributed by atoms with Crippen LogP contribution < -0.4 is 21.0 Å². The van der Waals surface area contributed by atoms with Crippen LogP contribution in [0, 0.1) is 6.92 Å². The van der Waals surface area contributed by atoms with Gasteiger partial charge in [-0.2, -0.15) is 4.68 Å². The lowest BCUT2D eigenvalue weighted by atomic mass is 10.2. The summed E-state index contributed by atoms with van der Waals surface area (Å²) in [6.45, 7) is 3.74. The van der Waals surface area contributed by atoms with E-state index in [0.29, 0.717) is 38.7 Å². The molecule has 0 spiro atoms. The number of anilines is 1. The zero-order valence-corrected chi connectivity index (χ0v) is 22.1. The maximum absolute atomic E-state index is 13.3. The maximum Gasteiger partial charge on any atom is 0.291 e. The lowest BCUT2D eigenvalue weighted by Gasteiger charge is -2.18. The van der Waals surface area contributed by atoms with E-state index in [1.54, 1.807) is 47.8 Å². The molecule has 2 N–H and O–H groups in total. The van der Waals surface area contributed by atoms with Crippen LogP contribution in [0.15, 0.2) is 63.9 Å². The van der Waals surface area contributed by atoms with E-state index in [-0.39, 0.29) is 11.1 Å². The van der Waals surface area contributed by atoms with Crippen LogP contribution in [-0.2, 0) is 4.79 Å². The number of nitrogens with one attached hydrogen (secondary N) is 2. The Hall–Kier alpha value is -3.34. The third kappa shape index (κ3) is 5.56. The minimum atomic E-state index is -0.591. The van der Waals surface area contributed by atoms with Gasteiger partial charge < -0.3 is 10.1 Å². The summed E-state index contributed by atoms with van der Waals surface area (Å²) in [5.74, 6) is -0.267. The van der Waals surface area contributed by atoms with E-state index in [2.05, 4.69) is 15.7 Å². The van der Waals surface area contributed by atoms with Crippen LogP contribution in [0.1, 0.15) is 29.3 Å². The minimum absolute atomic E-state index is 0.201. The van der Waals surface area contributed by atoms with E-state index in [1.807, 2.05) is 19.9 Å². The SMILES string of the molecule is CC[C@H](Sc1nc2ccsc2c(=O)n1NC(=O)c1cccc(OC)c1)C(=O)Nc1cc(Cl)ccc1C. The number of hydrogen-bond acceptors (Lipinski definition) is 7. The fraction of sp³-hybridized carbons (Fsp3) is 0.200. The van der Waals surface area contributed by atoms with Gasteiger partial charge in [-0.1, -0.05) is 42.4 Å². The van der Waals surface area contributed by atoms with Gasteiger partial charge in [0.2, 0.25) is 5.91 Å². The Balaban J connectivity index is 1.66. The van der Waals surface area contributed by atoms with Gasteiger partial charge in [-0.15, -0.1) is 11.3 Å². The van der Waals surface area contributed by atoms with Crippen LogP contribution in [0.2, 0.25) is 5.02 Å². The lowest BCUT2D eigenvalue weighted by molar-refractivity contribution is -0.115. The summed E-state index contributed by atoms with van der Waals surface area (Å²) in [4.78, 5) is 44.0. The molecule has 0 radical (unpaired) electrons. The van der Waals surface area contributed by atoms with Crippen molar-refractivity contribution in [3.8, 4) is 5.75 Å². The summed E-state index contributed by atoms with van der Waals surface area (Å²) in [6, 6.07) is 13.6. The Morgan fingerprint density at radius 2 is 2.03 bits per heavy atom. The fourth-order valence-corrected chi connectivity index (χ4v) is 5.30. The molecule has 0 saturated carbocycles. The van der Waals surface area contributed by atoms with Gasteiger partial charge in [-0.3, -0.25) is 19.8 Å². The number of carbonyl (C=O) groups is 2. The molecular formula is C25H23ClN4O4S2. The highest BCUT2D eigenvalue weighted by Crippen LogP contribution is 2.28. The molecule has 2 aromatic carbocycles. The van der Waals surface area contributed by atoms with E-state index in [9.17, 15) is 14.4 Å². The van der Waals surface area contributed by atoms with Gasteiger partial charge >= 0.3 is 0 Å². The molecule has 186 valence electrons. The van der Waals surface area contributed by atoms with Crippen molar-refractivity contribution in [3.05, 3.63) is 80.4 Å². The molecule has 8 nitrogen and oxygen atoms in total. The molecular weight excluding hydrogens is 520 g/mol. The van der Waals surface area contributed by atoms with Crippen LogP contribution in [0.4, 0.5) is 5.69 Å². The maximum atomic E-state index is 13.3. The van der Waals surface area contributed by atoms with Crippen LogP contribution in [0.3, 0.4) is 0 Å². The Kier molecular flexibility index (Phi) is 7.97. The average Bonchev–Trinajstić information content (AvgIpc) is 3.35. The minimum Gasteiger partial charge on any atom is -0.497 e. The van der Waals surface area contributed by atoms with Crippen molar-refractivity contribution in [2.45, 2.75) is 30.7 Å². The zero-order valence-electron chi connectivity index (χ0n) is 19.7. The molecule has 4 aromatic rings. The van der Waals surface area contributed by atoms with Gasteiger partial charge in [0.1, 0.15) is 10.4 Å². The number of aryl methyl sites for hydroxylation is 1. The van der Waals surface area contributed by atoms with Crippen LogP contribution in [0.5, 0.6) is 5.75 Å². The summed E-state index contributed by atoms with van der Waals surface area (Å²) in [6.07, 6.45) is 0.456. The first-order valence-electron chi connectivity index (χ1n) is 11.0. The van der Waals surface area contributed by atoms with Gasteiger partial charge in [0.25, 0.3) is 11.5 Å². The number of amides is 2. The second kappa shape index (κ2) is 11.2. The highest BCUT2D eigenvalue weighted by molar-refractivity contribution is 8.00. The largest absolute Gasteiger partial charge is 0.497 e. The lowest BCUT2D eigenvalue weighted by Crippen LogP contribution is -2.36. The molecule has 4 rings (SSSR count). The number of benzene rings is 2. The molecule has 36 heavy (non-hydrogen) atoms. The topological polar surface area (TPSA) is 102 Å². The highest BCUT2D eigenvalue weighted by atomic mass is 35.5. The Bertz CT molecular complexity index is 1500. The Labute approximate surface area is 220 Å². The molecule has 0 bridgehead atoms. The number of hydrogen-bond donors (Lipinski definition) is 2. The van der Waals surface area contributed by atoms with Crippen molar-refractivity contribution in [3.63, 3.8) is 0 Å². The first kappa shape index (κ1) is 25.7. The molecule has 0 fully saturated rings. The van der Waals surface area contributed by atoms with Crippen LogP contribution in [0.25, 0.3) is 10.2 Å². The van der Waals surface area contributed by atoms with Crippen LogP contribution in [-0.4, -0.2) is 33.8 Å². The summed E-state index contributed by atoms with van der Waals surface area (Å²) in [5, 5.41) is 4.79. The van der Waals surface area contributed by atoms with Crippen molar-refractivity contribution in [1.82, 2.24) is 9.66 Å². The molecule has 0 aliphatic heterocycles. The molecule has 0 aliphatic carbocycles. The number of rotatable bonds is 8.